The van der Waals surface area contributed by atoms with Crippen LogP contribution in [-0.2, 0) is 0 Å². The van der Waals surface area contributed by atoms with Crippen LogP contribution >= 0.6 is 11.8 Å². The second-order valence-corrected chi connectivity index (χ2v) is 4.07. The first kappa shape index (κ1) is 10.6. The van der Waals surface area contributed by atoms with Crippen molar-refractivity contribution in [2.45, 2.75) is 9.92 Å². The minimum atomic E-state index is 0.212. The van der Waals surface area contributed by atoms with E-state index in [1.807, 2.05) is 30.3 Å². The van der Waals surface area contributed by atoms with Gasteiger partial charge in [0.05, 0.1) is 5.56 Å². The first-order valence-electron chi connectivity index (χ1n) is 4.60. The number of benzene rings is 1. The number of carbonyl (C=O) groups excluding carboxylic acids is 1. The standard InChI is InChI=1S/C11H9N3OS/c12-10-9(6-15)11(14-7-13-10)16-8-4-2-1-3-5-8/h1-7H,(H2,12,13,14). The van der Waals surface area contributed by atoms with Crippen LogP contribution < -0.4 is 5.73 Å². The van der Waals surface area contributed by atoms with Crippen molar-refractivity contribution < 1.29 is 4.79 Å². The molecule has 5 heteroatoms. The van der Waals surface area contributed by atoms with Gasteiger partial charge < -0.3 is 5.73 Å². The zero-order chi connectivity index (χ0) is 11.4. The van der Waals surface area contributed by atoms with Crippen molar-refractivity contribution in [1.82, 2.24) is 9.97 Å². The number of nitrogen functional groups attached to an aromatic ring is 1. The Bertz CT molecular complexity index is 502. The quantitative estimate of drug-likeness (QED) is 0.646. The zero-order valence-corrected chi connectivity index (χ0v) is 9.15. The number of hydrogen-bond donors (Lipinski definition) is 1. The molecule has 2 N–H and O–H groups in total. The third-order valence-corrected chi connectivity index (χ3v) is 2.98. The van der Waals surface area contributed by atoms with E-state index in [-0.39, 0.29) is 5.82 Å². The molecule has 0 aliphatic carbocycles. The van der Waals surface area contributed by atoms with Crippen LogP contribution in [0.4, 0.5) is 5.82 Å². The van der Waals surface area contributed by atoms with Crippen molar-refractivity contribution in [1.29, 1.82) is 0 Å². The molecule has 1 aromatic carbocycles. The number of anilines is 1. The Labute approximate surface area is 96.9 Å². The van der Waals surface area contributed by atoms with Gasteiger partial charge in [-0.15, -0.1) is 0 Å². The highest BCUT2D eigenvalue weighted by molar-refractivity contribution is 7.99. The lowest BCUT2D eigenvalue weighted by Crippen LogP contribution is -2.00. The van der Waals surface area contributed by atoms with Crippen LogP contribution in [-0.4, -0.2) is 16.3 Å². The van der Waals surface area contributed by atoms with E-state index in [1.165, 1.54) is 18.1 Å². The molecule has 0 amide bonds. The van der Waals surface area contributed by atoms with Crippen molar-refractivity contribution in [2.75, 3.05) is 5.73 Å². The Morgan fingerprint density at radius 2 is 1.94 bits per heavy atom. The van der Waals surface area contributed by atoms with Crippen LogP contribution in [0.1, 0.15) is 10.4 Å². The van der Waals surface area contributed by atoms with E-state index in [4.69, 9.17) is 5.73 Å². The maximum atomic E-state index is 10.9. The van der Waals surface area contributed by atoms with E-state index in [9.17, 15) is 4.79 Å². The van der Waals surface area contributed by atoms with Gasteiger partial charge in [0.25, 0.3) is 0 Å². The van der Waals surface area contributed by atoms with Crippen LogP contribution in [0.3, 0.4) is 0 Å². The van der Waals surface area contributed by atoms with Crippen LogP contribution in [0, 0.1) is 0 Å². The Morgan fingerprint density at radius 3 is 2.62 bits per heavy atom. The molecule has 0 atom stereocenters. The Hall–Kier alpha value is -1.88. The summed E-state index contributed by atoms with van der Waals surface area (Å²) in [5, 5.41) is 0.578. The molecule has 0 saturated heterocycles. The van der Waals surface area contributed by atoms with Gasteiger partial charge in [-0.25, -0.2) is 9.97 Å². The molecule has 0 radical (unpaired) electrons. The average molecular weight is 231 g/mol. The smallest absolute Gasteiger partial charge is 0.156 e. The number of hydrogen-bond acceptors (Lipinski definition) is 5. The summed E-state index contributed by atoms with van der Waals surface area (Å²) in [6.45, 7) is 0. The van der Waals surface area contributed by atoms with Crippen molar-refractivity contribution in [3.63, 3.8) is 0 Å². The molecule has 2 rings (SSSR count). The number of nitrogens with zero attached hydrogens (tertiary/aromatic N) is 2. The van der Waals surface area contributed by atoms with Gasteiger partial charge >= 0.3 is 0 Å². The van der Waals surface area contributed by atoms with Crippen LogP contribution in [0.25, 0.3) is 0 Å². The molecule has 4 nitrogen and oxygen atoms in total. The predicted octanol–water partition coefficient (Wildman–Crippen LogP) is 2.02. The summed E-state index contributed by atoms with van der Waals surface area (Å²) in [4.78, 5) is 19.7. The van der Waals surface area contributed by atoms with Crippen LogP contribution in [0.5, 0.6) is 0 Å². The van der Waals surface area contributed by atoms with Gasteiger partial charge in [-0.2, -0.15) is 0 Å². The molecule has 1 heterocycles. The molecule has 0 unspecified atom stereocenters. The molecule has 0 fully saturated rings. The van der Waals surface area contributed by atoms with E-state index >= 15 is 0 Å². The lowest BCUT2D eigenvalue weighted by molar-refractivity contribution is 0.112. The van der Waals surface area contributed by atoms with E-state index in [2.05, 4.69) is 9.97 Å². The van der Waals surface area contributed by atoms with Crippen LogP contribution in [0.2, 0.25) is 0 Å². The Kier molecular flexibility index (Phi) is 3.16. The summed E-state index contributed by atoms with van der Waals surface area (Å²) in [7, 11) is 0. The van der Waals surface area contributed by atoms with Crippen molar-refractivity contribution >= 4 is 23.9 Å². The summed E-state index contributed by atoms with van der Waals surface area (Å²) in [6.07, 6.45) is 2.04. The Morgan fingerprint density at radius 1 is 1.19 bits per heavy atom. The van der Waals surface area contributed by atoms with Crippen LogP contribution in [0.15, 0.2) is 46.6 Å². The largest absolute Gasteiger partial charge is 0.383 e. The molecule has 0 saturated carbocycles. The lowest BCUT2D eigenvalue weighted by Gasteiger charge is -2.04. The van der Waals surface area contributed by atoms with Gasteiger partial charge in [-0.3, -0.25) is 4.79 Å². The predicted molar refractivity (Wildman–Crippen MR) is 62.4 cm³/mol. The SMILES string of the molecule is Nc1ncnc(Sc2ccccc2)c1C=O. The van der Waals surface area contributed by atoms with Gasteiger partial charge in [-0.1, -0.05) is 30.0 Å². The van der Waals surface area contributed by atoms with E-state index in [0.717, 1.165) is 4.90 Å². The summed E-state index contributed by atoms with van der Waals surface area (Å²) < 4.78 is 0. The van der Waals surface area contributed by atoms with Gasteiger partial charge in [0.1, 0.15) is 17.2 Å². The fourth-order valence-corrected chi connectivity index (χ4v) is 2.06. The highest BCUT2D eigenvalue weighted by Gasteiger charge is 2.09. The molecule has 0 aliphatic rings. The monoisotopic (exact) mass is 231 g/mol. The van der Waals surface area contributed by atoms with Gasteiger partial charge in [0.2, 0.25) is 0 Å². The molecule has 0 bridgehead atoms. The van der Waals surface area contributed by atoms with E-state index in [0.29, 0.717) is 16.9 Å². The molecule has 2 aromatic rings. The highest BCUT2D eigenvalue weighted by atomic mass is 32.2. The number of nitrogens with two attached hydrogens (primary N) is 1. The van der Waals surface area contributed by atoms with Crippen molar-refractivity contribution in [3.8, 4) is 0 Å². The third-order valence-electron chi connectivity index (χ3n) is 1.95. The lowest BCUT2D eigenvalue weighted by atomic mass is 10.3. The number of aldehydes is 1. The number of aromatic nitrogens is 2. The minimum absolute atomic E-state index is 0.212. The van der Waals surface area contributed by atoms with E-state index < -0.39 is 0 Å². The first-order chi connectivity index (χ1) is 7.81. The van der Waals surface area contributed by atoms with Gasteiger partial charge in [0.15, 0.2) is 6.29 Å². The van der Waals surface area contributed by atoms with Gasteiger partial charge in [0, 0.05) is 4.90 Å². The van der Waals surface area contributed by atoms with Crippen molar-refractivity contribution in [2.24, 2.45) is 0 Å². The maximum absolute atomic E-state index is 10.9. The fraction of sp³-hybridized carbons (Fsp3) is 0. The first-order valence-corrected chi connectivity index (χ1v) is 5.41. The fourth-order valence-electron chi connectivity index (χ4n) is 1.18. The summed E-state index contributed by atoms with van der Waals surface area (Å²) in [6, 6.07) is 9.66. The minimum Gasteiger partial charge on any atom is -0.383 e. The molecular formula is C11H9N3OS. The second-order valence-electron chi connectivity index (χ2n) is 3.01. The maximum Gasteiger partial charge on any atom is 0.156 e. The average Bonchev–Trinajstić information content (AvgIpc) is 2.31. The molecular weight excluding hydrogens is 222 g/mol. The summed E-state index contributed by atoms with van der Waals surface area (Å²) in [5.41, 5.74) is 5.93. The van der Waals surface area contributed by atoms with Gasteiger partial charge in [-0.05, 0) is 12.1 Å². The molecule has 0 aliphatic heterocycles. The van der Waals surface area contributed by atoms with Crippen molar-refractivity contribution in [3.05, 3.63) is 42.2 Å². The molecule has 16 heavy (non-hydrogen) atoms. The van der Waals surface area contributed by atoms with E-state index in [1.54, 1.807) is 0 Å². The zero-order valence-electron chi connectivity index (χ0n) is 8.33. The highest BCUT2D eigenvalue weighted by Crippen LogP contribution is 2.28. The normalized spacial score (nSPS) is 10.0. The molecule has 1 aromatic heterocycles. The number of rotatable bonds is 3. The topological polar surface area (TPSA) is 68.9 Å². The summed E-state index contributed by atoms with van der Waals surface area (Å²) >= 11 is 1.39. The summed E-state index contributed by atoms with van der Waals surface area (Å²) in [5.74, 6) is 0.212. The molecule has 0 spiro atoms. The molecule has 80 valence electrons. The third kappa shape index (κ3) is 2.20. The Balaban J connectivity index is 2.35. The number of carbonyl (C=O) groups is 1. The second kappa shape index (κ2) is 4.76.